The van der Waals surface area contributed by atoms with Crippen molar-refractivity contribution in [1.29, 1.82) is 0 Å². The number of anilines is 2. The lowest BCUT2D eigenvalue weighted by Gasteiger charge is -2.21. The maximum Gasteiger partial charge on any atom is 0.191 e. The summed E-state index contributed by atoms with van der Waals surface area (Å²) in [6.07, 6.45) is 1.55. The summed E-state index contributed by atoms with van der Waals surface area (Å²) < 4.78 is 0. The van der Waals surface area contributed by atoms with E-state index in [1.54, 1.807) is 12.3 Å². The van der Waals surface area contributed by atoms with E-state index in [0.29, 0.717) is 10.7 Å². The zero-order valence-electron chi connectivity index (χ0n) is 15.7. The van der Waals surface area contributed by atoms with Crippen molar-refractivity contribution in [1.82, 2.24) is 5.43 Å². The molecule has 0 aliphatic heterocycles. The lowest BCUT2D eigenvalue weighted by atomic mass is 10.1. The van der Waals surface area contributed by atoms with Crippen molar-refractivity contribution < 1.29 is 5.11 Å². The highest BCUT2D eigenvalue weighted by molar-refractivity contribution is 7.80. The summed E-state index contributed by atoms with van der Waals surface area (Å²) in [7, 11) is 0. The number of phenolic OH excluding ortho intramolecular Hbond substituents is 1. The smallest absolute Gasteiger partial charge is 0.191 e. The number of phenols is 1. The molecule has 3 N–H and O–H groups in total. The topological polar surface area (TPSA) is 59.9 Å². The molecule has 0 saturated carbocycles. The van der Waals surface area contributed by atoms with Crippen LogP contribution >= 0.6 is 12.2 Å². The molecule has 0 saturated heterocycles. The van der Waals surface area contributed by atoms with Crippen LogP contribution in [0.25, 0.3) is 0 Å². The van der Waals surface area contributed by atoms with E-state index in [1.807, 2.05) is 31.2 Å². The number of nitrogens with one attached hydrogen (secondary N) is 2. The van der Waals surface area contributed by atoms with Gasteiger partial charge in [-0.2, -0.15) is 5.10 Å². The number of hydrazone groups is 1. The Kier molecular flexibility index (Phi) is 6.97. The summed E-state index contributed by atoms with van der Waals surface area (Å²) in [4.78, 5) is 2.17. The first-order valence-electron chi connectivity index (χ1n) is 8.70. The van der Waals surface area contributed by atoms with Crippen LogP contribution in [0.3, 0.4) is 0 Å². The molecule has 0 amide bonds. The van der Waals surface area contributed by atoms with E-state index in [1.165, 1.54) is 5.56 Å². The molecule has 0 aliphatic carbocycles. The van der Waals surface area contributed by atoms with E-state index < -0.39 is 0 Å². The number of hydrogen-bond acceptors (Lipinski definition) is 4. The lowest BCUT2D eigenvalue weighted by molar-refractivity contribution is 0.474. The van der Waals surface area contributed by atoms with Gasteiger partial charge in [-0.15, -0.1) is 0 Å². The highest BCUT2D eigenvalue weighted by Crippen LogP contribution is 2.23. The van der Waals surface area contributed by atoms with Gasteiger partial charge in [-0.3, -0.25) is 5.43 Å². The fraction of sp³-hybridized carbons (Fsp3) is 0.300. The Morgan fingerprint density at radius 2 is 1.92 bits per heavy atom. The van der Waals surface area contributed by atoms with Crippen molar-refractivity contribution in [3.05, 3.63) is 53.1 Å². The molecular weight excluding hydrogens is 344 g/mol. The third-order valence-corrected chi connectivity index (χ3v) is 4.56. The second kappa shape index (κ2) is 9.20. The molecule has 138 valence electrons. The van der Waals surface area contributed by atoms with Crippen molar-refractivity contribution in [3.8, 4) is 5.75 Å². The van der Waals surface area contributed by atoms with Crippen LogP contribution < -0.4 is 15.6 Å². The van der Waals surface area contributed by atoms with Crippen LogP contribution in [0.5, 0.6) is 5.75 Å². The van der Waals surface area contributed by atoms with Crippen LogP contribution in [-0.2, 0) is 0 Å². The molecular formula is C20H26N4OS. The van der Waals surface area contributed by atoms with E-state index in [9.17, 15) is 5.11 Å². The van der Waals surface area contributed by atoms with Crippen molar-refractivity contribution in [2.75, 3.05) is 23.3 Å². The number of thiocarbonyl (C=S) groups is 1. The number of aromatic hydroxyl groups is 1. The summed E-state index contributed by atoms with van der Waals surface area (Å²) >= 11 is 5.27. The summed E-state index contributed by atoms with van der Waals surface area (Å²) in [5.74, 6) is 0.188. The quantitative estimate of drug-likeness (QED) is 0.405. The summed E-state index contributed by atoms with van der Waals surface area (Å²) in [5, 5.41) is 17.8. The first-order chi connectivity index (χ1) is 12.5. The Balaban J connectivity index is 1.99. The molecule has 0 unspecified atom stereocenters. The zero-order valence-corrected chi connectivity index (χ0v) is 16.5. The maximum absolute atomic E-state index is 10.2. The lowest BCUT2D eigenvalue weighted by Crippen LogP contribution is -2.24. The predicted octanol–water partition coefficient (Wildman–Crippen LogP) is 4.18. The summed E-state index contributed by atoms with van der Waals surface area (Å²) in [6, 6.07) is 11.6. The van der Waals surface area contributed by atoms with Gasteiger partial charge in [0.15, 0.2) is 5.11 Å². The molecule has 0 aromatic heterocycles. The van der Waals surface area contributed by atoms with Crippen molar-refractivity contribution in [2.45, 2.75) is 27.7 Å². The van der Waals surface area contributed by atoms with Crippen LogP contribution in [0.2, 0.25) is 0 Å². The van der Waals surface area contributed by atoms with Gasteiger partial charge in [-0.25, -0.2) is 0 Å². The van der Waals surface area contributed by atoms with Gasteiger partial charge in [0.2, 0.25) is 0 Å². The molecule has 26 heavy (non-hydrogen) atoms. The minimum Gasteiger partial charge on any atom is -0.507 e. The van der Waals surface area contributed by atoms with Crippen molar-refractivity contribution >= 4 is 34.9 Å². The van der Waals surface area contributed by atoms with Crippen LogP contribution in [0.15, 0.2) is 41.5 Å². The van der Waals surface area contributed by atoms with Gasteiger partial charge in [0.05, 0.1) is 6.21 Å². The summed E-state index contributed by atoms with van der Waals surface area (Å²) in [6.45, 7) is 10.1. The van der Waals surface area contributed by atoms with Gasteiger partial charge < -0.3 is 15.3 Å². The molecule has 0 atom stereocenters. The molecule has 0 radical (unpaired) electrons. The highest BCUT2D eigenvalue weighted by Gasteiger charge is 2.06. The third-order valence-electron chi connectivity index (χ3n) is 4.37. The second-order valence-corrected chi connectivity index (χ2v) is 6.40. The number of hydrogen-bond donors (Lipinski definition) is 3. The monoisotopic (exact) mass is 370 g/mol. The maximum atomic E-state index is 10.2. The first-order valence-corrected chi connectivity index (χ1v) is 9.11. The molecule has 0 aliphatic rings. The van der Waals surface area contributed by atoms with Crippen LogP contribution in [0, 0.1) is 13.8 Å². The Labute approximate surface area is 160 Å². The largest absolute Gasteiger partial charge is 0.507 e. The second-order valence-electron chi connectivity index (χ2n) is 5.99. The Bertz CT molecular complexity index is 800. The van der Waals surface area contributed by atoms with Crippen molar-refractivity contribution in [3.63, 3.8) is 0 Å². The van der Waals surface area contributed by atoms with E-state index in [0.717, 1.165) is 30.0 Å². The van der Waals surface area contributed by atoms with E-state index in [-0.39, 0.29) is 5.75 Å². The normalized spacial score (nSPS) is 10.8. The molecule has 0 fully saturated rings. The Morgan fingerprint density at radius 3 is 2.58 bits per heavy atom. The Hall–Kier alpha value is -2.60. The van der Waals surface area contributed by atoms with Gasteiger partial charge >= 0.3 is 0 Å². The van der Waals surface area contributed by atoms with Crippen LogP contribution in [0.1, 0.15) is 30.5 Å². The molecule has 0 bridgehead atoms. The highest BCUT2D eigenvalue weighted by atomic mass is 32.1. The molecule has 2 rings (SSSR count). The SMILES string of the molecule is CCN(CC)c1ccc(/C=N/NC(=S)Nc2cccc(C)c2C)c(O)c1. The average Bonchev–Trinajstić information content (AvgIpc) is 2.62. The molecule has 6 heteroatoms. The fourth-order valence-electron chi connectivity index (χ4n) is 2.62. The van der Waals surface area contributed by atoms with E-state index in [2.05, 4.69) is 47.6 Å². The third kappa shape index (κ3) is 4.95. The number of aryl methyl sites for hydroxylation is 1. The van der Waals surface area contributed by atoms with E-state index >= 15 is 0 Å². The fourth-order valence-corrected chi connectivity index (χ4v) is 2.79. The predicted molar refractivity (Wildman–Crippen MR) is 115 cm³/mol. The van der Waals surface area contributed by atoms with Gasteiger partial charge in [0.1, 0.15) is 5.75 Å². The minimum absolute atomic E-state index is 0.188. The average molecular weight is 371 g/mol. The first kappa shape index (κ1) is 19.7. The van der Waals surface area contributed by atoms with Gasteiger partial charge in [-0.1, -0.05) is 12.1 Å². The van der Waals surface area contributed by atoms with Crippen molar-refractivity contribution in [2.24, 2.45) is 5.10 Å². The van der Waals surface area contributed by atoms with Gasteiger partial charge in [0.25, 0.3) is 0 Å². The van der Waals surface area contributed by atoms with Crippen LogP contribution in [0.4, 0.5) is 11.4 Å². The van der Waals surface area contributed by atoms with Crippen LogP contribution in [-0.4, -0.2) is 29.5 Å². The standard InChI is InChI=1S/C20H26N4OS/c1-5-24(6-2)17-11-10-16(19(25)12-17)13-21-23-20(26)22-18-9-7-8-14(3)15(18)4/h7-13,25H,5-6H2,1-4H3,(H2,22,23,26)/b21-13+. The summed E-state index contributed by atoms with van der Waals surface area (Å²) in [5.41, 5.74) is 7.69. The number of rotatable bonds is 6. The molecule has 0 heterocycles. The number of benzene rings is 2. The van der Waals surface area contributed by atoms with Gasteiger partial charge in [-0.05, 0) is 69.2 Å². The molecule has 2 aromatic rings. The number of nitrogens with zero attached hydrogens (tertiary/aromatic N) is 2. The van der Waals surface area contributed by atoms with Gasteiger partial charge in [0, 0.05) is 36.1 Å². The Morgan fingerprint density at radius 1 is 1.19 bits per heavy atom. The minimum atomic E-state index is 0.188. The molecule has 2 aromatic carbocycles. The zero-order chi connectivity index (χ0) is 19.1. The molecule has 5 nitrogen and oxygen atoms in total. The van der Waals surface area contributed by atoms with E-state index in [4.69, 9.17) is 12.2 Å². The molecule has 0 spiro atoms.